The summed E-state index contributed by atoms with van der Waals surface area (Å²) in [5, 5.41) is 10.3. The Bertz CT molecular complexity index is 955. The van der Waals surface area contributed by atoms with Gasteiger partial charge in [0.05, 0.1) is 6.10 Å². The zero-order chi connectivity index (χ0) is 36.5. The van der Waals surface area contributed by atoms with Crippen LogP contribution >= 0.6 is 0 Å². The predicted octanol–water partition coefficient (Wildman–Crippen LogP) is 10.4. The molecule has 0 aliphatic rings. The number of allylic oxidation sites excluding steroid dienone is 2. The average molecular weight is 711 g/mol. The summed E-state index contributed by atoms with van der Waals surface area (Å²) < 4.78 is 65.2. The molecule has 0 aliphatic carbocycles. The first-order chi connectivity index (χ1) is 21.9. The van der Waals surface area contributed by atoms with Gasteiger partial charge >= 0.3 is 23.1 Å². The molecule has 0 radical (unpaired) electrons. The van der Waals surface area contributed by atoms with Crippen molar-refractivity contribution in [1.82, 2.24) is 0 Å². The minimum Gasteiger partial charge on any atom is -0.393 e. The number of hydrogen-bond acceptors (Lipinski definition) is 5. The molecular formula is C36H58F4O5S2. The van der Waals surface area contributed by atoms with Crippen LogP contribution < -0.4 is 0 Å². The monoisotopic (exact) mass is 710 g/mol. The number of hydrogen-bond donors (Lipinski definition) is 1. The molecule has 0 heterocycles. The largest absolute Gasteiger partial charge is 0.393 e. The molecule has 0 saturated heterocycles. The highest BCUT2D eigenvalue weighted by atomic mass is 32.1. The molecule has 47 heavy (non-hydrogen) atoms. The summed E-state index contributed by atoms with van der Waals surface area (Å²) in [5.41, 5.74) is 2.76. The lowest BCUT2D eigenvalue weighted by Crippen LogP contribution is -2.27. The van der Waals surface area contributed by atoms with Crippen molar-refractivity contribution in [1.29, 1.82) is 0 Å². The van der Waals surface area contributed by atoms with E-state index in [0.29, 0.717) is 29.6 Å². The van der Waals surface area contributed by atoms with Crippen LogP contribution in [0.1, 0.15) is 79.9 Å². The average Bonchev–Trinajstić information content (AvgIpc) is 3.11. The lowest BCUT2D eigenvalue weighted by molar-refractivity contribution is 0.0699. The molecule has 8 atom stereocenters. The van der Waals surface area contributed by atoms with Gasteiger partial charge in [-0.3, -0.25) is 0 Å². The van der Waals surface area contributed by atoms with Gasteiger partial charge in [-0.25, -0.2) is 0 Å². The lowest BCUT2D eigenvalue weighted by Gasteiger charge is -2.29. The molecule has 0 fully saturated rings. The maximum absolute atomic E-state index is 10.3. The molecule has 2 unspecified atom stereocenters. The van der Waals surface area contributed by atoms with Crippen molar-refractivity contribution < 1.29 is 40.2 Å². The van der Waals surface area contributed by atoms with E-state index in [2.05, 4.69) is 110 Å². The molecular weight excluding hydrogens is 653 g/mol. The highest BCUT2D eigenvalue weighted by Crippen LogP contribution is 2.30. The van der Waals surface area contributed by atoms with Crippen molar-refractivity contribution in [3.8, 4) is 0 Å². The fourth-order valence-corrected chi connectivity index (χ4v) is 4.78. The van der Waals surface area contributed by atoms with Crippen LogP contribution in [0.25, 0.3) is 0 Å². The van der Waals surface area contributed by atoms with Crippen molar-refractivity contribution in [2.75, 3.05) is 0 Å². The summed E-state index contributed by atoms with van der Waals surface area (Å²) in [4.78, 5) is 0. The Morgan fingerprint density at radius 3 is 1.21 bits per heavy atom. The Labute approximate surface area is 288 Å². The number of aryl methyl sites for hydroxylation is 2. The summed E-state index contributed by atoms with van der Waals surface area (Å²) >= 11 is -1.50. The molecule has 2 rings (SSSR count). The van der Waals surface area contributed by atoms with Crippen LogP contribution in [0.4, 0.5) is 18.3 Å². The standard InChI is InChI=1S/C18H28.C17H26O.CH4.2F2.2O2S/c1-6-14(2)16(4)17(5)15(3)12-13-18-10-8-7-9-11-18;1-5-13(2)14(3)15(4)17(18)12-11-16-9-7-6-8-10-16;;2*1-2;2*1-3-2/h6-11,14-17H,1,12-13H2,2-5H3;5-10,13-15,17-18H,1,11-12H2,2-4H3;1H4;;;;/t14-,15-,16?,17+;13-,14?,15-,17-;;;;;/m00...../s1. The molecule has 0 bridgehead atoms. The van der Waals surface area contributed by atoms with E-state index < -0.39 is 23.1 Å². The first-order valence-electron chi connectivity index (χ1n) is 15.1. The number of benzene rings is 2. The Balaban J connectivity index is -0.000000193. The van der Waals surface area contributed by atoms with Crippen LogP contribution in [0.3, 0.4) is 0 Å². The van der Waals surface area contributed by atoms with Gasteiger partial charge in [0.1, 0.15) is 0 Å². The molecule has 2 aromatic carbocycles. The van der Waals surface area contributed by atoms with E-state index in [1.54, 1.807) is 0 Å². The molecule has 11 heteroatoms. The zero-order valence-corrected chi connectivity index (χ0v) is 29.8. The highest BCUT2D eigenvalue weighted by Gasteiger charge is 2.24. The summed E-state index contributed by atoms with van der Waals surface area (Å²) in [6.45, 7) is 23.7. The van der Waals surface area contributed by atoms with E-state index in [9.17, 15) is 5.11 Å². The van der Waals surface area contributed by atoms with Crippen LogP contribution in [0.15, 0.2) is 86.0 Å². The second-order valence-corrected chi connectivity index (χ2v) is 11.6. The normalized spacial score (nSPS) is 14.4. The molecule has 1 N–H and O–H groups in total. The molecule has 272 valence electrons. The number of aliphatic hydroxyl groups is 1. The number of aliphatic hydroxyl groups excluding tert-OH is 1. The topological polar surface area (TPSA) is 88.5 Å². The molecule has 0 saturated carbocycles. The van der Waals surface area contributed by atoms with Crippen molar-refractivity contribution in [3.63, 3.8) is 0 Å². The van der Waals surface area contributed by atoms with Gasteiger partial charge in [0.2, 0.25) is 0 Å². The lowest BCUT2D eigenvalue weighted by atomic mass is 9.76. The third kappa shape index (κ3) is 28.0. The van der Waals surface area contributed by atoms with Crippen LogP contribution in [0, 0.1) is 41.4 Å². The van der Waals surface area contributed by atoms with Crippen molar-refractivity contribution in [3.05, 3.63) is 97.1 Å². The van der Waals surface area contributed by atoms with Crippen molar-refractivity contribution in [2.45, 2.75) is 87.7 Å². The van der Waals surface area contributed by atoms with Crippen LogP contribution in [-0.2, 0) is 36.0 Å². The fraction of sp³-hybridized carbons (Fsp3) is 0.556. The zero-order valence-electron chi connectivity index (χ0n) is 28.2. The second kappa shape index (κ2) is 37.7. The van der Waals surface area contributed by atoms with E-state index in [0.717, 1.165) is 24.7 Å². The van der Waals surface area contributed by atoms with Crippen LogP contribution in [0.5, 0.6) is 0 Å². The number of rotatable bonds is 14. The summed E-state index contributed by atoms with van der Waals surface area (Å²) in [6.07, 6.45) is 8.08. The Hall–Kier alpha value is -2.76. The van der Waals surface area contributed by atoms with Gasteiger partial charge in [-0.2, -0.15) is 16.8 Å². The minimum absolute atomic E-state index is 0. The first kappa shape index (κ1) is 53.7. The molecule has 5 nitrogen and oxygen atoms in total. The fourth-order valence-electron chi connectivity index (χ4n) is 4.78. The molecule has 0 amide bonds. The SMILES string of the molecule is C.C=C[C@H](C)C(C)[C@H](C)[C@@H](C)CCc1ccccc1.C=C[C@H](C)C(C)[C@H](C)[C@@H](O)CCc1ccccc1.FF.FF.O=S=O.O=S=O. The first-order valence-corrected chi connectivity index (χ1v) is 16.4. The third-order valence-corrected chi connectivity index (χ3v) is 8.87. The van der Waals surface area contributed by atoms with E-state index >= 15 is 0 Å². The molecule has 0 aromatic heterocycles. The van der Waals surface area contributed by atoms with Gasteiger partial charge in [-0.15, -0.1) is 13.2 Å². The number of halogens is 4. The van der Waals surface area contributed by atoms with Gasteiger partial charge in [-0.05, 0) is 78.2 Å². The van der Waals surface area contributed by atoms with Crippen molar-refractivity contribution in [2.24, 2.45) is 41.4 Å². The third-order valence-electron chi connectivity index (χ3n) is 8.87. The van der Waals surface area contributed by atoms with E-state index in [4.69, 9.17) is 35.1 Å². The maximum Gasteiger partial charge on any atom is 0.335 e. The van der Waals surface area contributed by atoms with E-state index in [1.807, 2.05) is 24.3 Å². The van der Waals surface area contributed by atoms with E-state index in [-0.39, 0.29) is 13.5 Å². The van der Waals surface area contributed by atoms with Gasteiger partial charge < -0.3 is 5.11 Å². The second-order valence-electron chi connectivity index (χ2n) is 11.4. The quantitative estimate of drug-likeness (QED) is 0.156. The van der Waals surface area contributed by atoms with Gasteiger partial charge in [0, 0.05) is 18.3 Å². The van der Waals surface area contributed by atoms with Gasteiger partial charge in [-0.1, -0.05) is 129 Å². The van der Waals surface area contributed by atoms with Crippen molar-refractivity contribution >= 4 is 23.1 Å². The molecule has 0 aliphatic heterocycles. The summed E-state index contributed by atoms with van der Waals surface area (Å²) in [6, 6.07) is 21.2. The molecule has 2 aromatic rings. The molecule has 0 spiro atoms. The summed E-state index contributed by atoms with van der Waals surface area (Å²) in [7, 11) is 0. The van der Waals surface area contributed by atoms with Crippen LogP contribution in [-0.4, -0.2) is 28.0 Å². The summed E-state index contributed by atoms with van der Waals surface area (Å²) in [5.74, 6) is 4.07. The highest BCUT2D eigenvalue weighted by molar-refractivity contribution is 7.51. The Morgan fingerprint density at radius 2 is 0.894 bits per heavy atom. The minimum atomic E-state index is -0.750. The smallest absolute Gasteiger partial charge is 0.335 e. The Morgan fingerprint density at radius 1 is 0.596 bits per heavy atom. The van der Waals surface area contributed by atoms with Gasteiger partial charge in [0.15, 0.2) is 0 Å². The van der Waals surface area contributed by atoms with Crippen LogP contribution in [0.2, 0.25) is 0 Å². The van der Waals surface area contributed by atoms with Gasteiger partial charge in [0.25, 0.3) is 0 Å². The van der Waals surface area contributed by atoms with E-state index in [1.165, 1.54) is 24.0 Å². The maximum atomic E-state index is 10.3. The Kier molecular flexibility index (Phi) is 43.1. The predicted molar refractivity (Wildman–Crippen MR) is 189 cm³/mol.